The zero-order valence-electron chi connectivity index (χ0n) is 13.4. The Balaban J connectivity index is 2.48. The van der Waals surface area contributed by atoms with Crippen molar-refractivity contribution in [1.82, 2.24) is 15.2 Å². The number of nitrogens with zero attached hydrogens (tertiary/aromatic N) is 2. The van der Waals surface area contributed by atoms with Gasteiger partial charge < -0.3 is 10.2 Å². The van der Waals surface area contributed by atoms with Gasteiger partial charge in [0.25, 0.3) is 5.91 Å². The third kappa shape index (κ3) is 6.44. The fourth-order valence-corrected chi connectivity index (χ4v) is 2.18. The lowest BCUT2D eigenvalue weighted by atomic mass is 10.1. The molecule has 118 valence electrons. The van der Waals surface area contributed by atoms with E-state index >= 15 is 0 Å². The van der Waals surface area contributed by atoms with Gasteiger partial charge in [-0.2, -0.15) is 0 Å². The molecule has 1 rings (SSSR count). The number of halogens is 1. The first-order chi connectivity index (χ1) is 9.93. The molecule has 0 aliphatic carbocycles. The second-order valence-electron chi connectivity index (χ2n) is 5.60. The quantitative estimate of drug-likeness (QED) is 0.592. The Morgan fingerprint density at radius 1 is 1.43 bits per heavy atom. The molecule has 0 saturated carbocycles. The van der Waals surface area contributed by atoms with Crippen molar-refractivity contribution in [3.8, 4) is 0 Å². The van der Waals surface area contributed by atoms with Crippen molar-refractivity contribution in [2.24, 2.45) is 0 Å². The third-order valence-electron chi connectivity index (χ3n) is 3.47. The molecule has 1 heterocycles. The lowest BCUT2D eigenvalue weighted by Gasteiger charge is -2.20. The lowest BCUT2D eigenvalue weighted by Crippen LogP contribution is -2.31. The van der Waals surface area contributed by atoms with Gasteiger partial charge >= 0.3 is 0 Å². The Labute approximate surface area is 132 Å². The molecule has 0 saturated heterocycles. The fourth-order valence-electron chi connectivity index (χ4n) is 1.96. The van der Waals surface area contributed by atoms with Crippen LogP contribution in [-0.4, -0.2) is 42.0 Å². The van der Waals surface area contributed by atoms with Gasteiger partial charge in [0.15, 0.2) is 0 Å². The van der Waals surface area contributed by atoms with Crippen LogP contribution in [0.25, 0.3) is 0 Å². The molecule has 1 aromatic heterocycles. The molecule has 1 aromatic rings. The number of hydrogen-bond acceptors (Lipinski definition) is 3. The van der Waals surface area contributed by atoms with Crippen LogP contribution in [0.15, 0.2) is 12.1 Å². The predicted molar refractivity (Wildman–Crippen MR) is 88.0 cm³/mol. The van der Waals surface area contributed by atoms with Crippen molar-refractivity contribution in [1.29, 1.82) is 0 Å². The first kappa shape index (κ1) is 17.9. The molecular formula is C16H26ClN3O. The average molecular weight is 312 g/mol. The molecule has 0 aliphatic heterocycles. The number of amides is 1. The van der Waals surface area contributed by atoms with Gasteiger partial charge in [0.05, 0.1) is 0 Å². The molecule has 0 aromatic carbocycles. The topological polar surface area (TPSA) is 45.2 Å². The van der Waals surface area contributed by atoms with E-state index < -0.39 is 0 Å². The number of carbonyl (C=O) groups is 1. The van der Waals surface area contributed by atoms with E-state index in [9.17, 15) is 4.79 Å². The van der Waals surface area contributed by atoms with Gasteiger partial charge in [0, 0.05) is 23.8 Å². The molecule has 0 spiro atoms. The second-order valence-corrected chi connectivity index (χ2v) is 5.99. The maximum absolute atomic E-state index is 12.1. The van der Waals surface area contributed by atoms with Gasteiger partial charge in [-0.15, -0.1) is 0 Å². The van der Waals surface area contributed by atoms with Crippen molar-refractivity contribution in [3.63, 3.8) is 0 Å². The smallest absolute Gasteiger partial charge is 0.251 e. The molecule has 0 radical (unpaired) electrons. The molecular weight excluding hydrogens is 286 g/mol. The van der Waals surface area contributed by atoms with Crippen LogP contribution in [0.4, 0.5) is 0 Å². The van der Waals surface area contributed by atoms with Crippen LogP contribution in [-0.2, 0) is 6.42 Å². The first-order valence-corrected chi connectivity index (χ1v) is 7.96. The summed E-state index contributed by atoms with van der Waals surface area (Å²) < 4.78 is 0. The maximum Gasteiger partial charge on any atom is 0.251 e. The van der Waals surface area contributed by atoms with Gasteiger partial charge in [-0.25, -0.2) is 4.98 Å². The van der Waals surface area contributed by atoms with Crippen molar-refractivity contribution >= 4 is 17.5 Å². The van der Waals surface area contributed by atoms with Crippen LogP contribution < -0.4 is 5.32 Å². The highest BCUT2D eigenvalue weighted by molar-refractivity contribution is 6.29. The molecule has 4 nitrogen and oxygen atoms in total. The number of hydrogen-bond donors (Lipinski definition) is 1. The van der Waals surface area contributed by atoms with E-state index in [0.717, 1.165) is 31.5 Å². The summed E-state index contributed by atoms with van der Waals surface area (Å²) in [4.78, 5) is 18.6. The minimum atomic E-state index is -0.0798. The van der Waals surface area contributed by atoms with Crippen molar-refractivity contribution in [2.45, 2.75) is 46.1 Å². The van der Waals surface area contributed by atoms with E-state index in [1.165, 1.54) is 0 Å². The summed E-state index contributed by atoms with van der Waals surface area (Å²) in [5.74, 6) is -0.0798. The zero-order valence-corrected chi connectivity index (χ0v) is 14.2. The van der Waals surface area contributed by atoms with E-state index in [2.05, 4.69) is 43.0 Å². The first-order valence-electron chi connectivity index (χ1n) is 7.59. The lowest BCUT2D eigenvalue weighted by molar-refractivity contribution is 0.0951. The van der Waals surface area contributed by atoms with Crippen LogP contribution >= 0.6 is 11.6 Å². The molecule has 0 bridgehead atoms. The van der Waals surface area contributed by atoms with E-state index in [1.807, 2.05) is 6.07 Å². The highest BCUT2D eigenvalue weighted by Gasteiger charge is 2.09. The minimum Gasteiger partial charge on any atom is -0.352 e. The number of aromatic nitrogens is 1. The van der Waals surface area contributed by atoms with E-state index in [1.54, 1.807) is 6.07 Å². The molecule has 0 fully saturated rings. The molecule has 1 amide bonds. The molecule has 21 heavy (non-hydrogen) atoms. The van der Waals surface area contributed by atoms with E-state index in [4.69, 9.17) is 11.6 Å². The number of aryl methyl sites for hydroxylation is 1. The number of rotatable bonds is 8. The number of pyridine rings is 1. The van der Waals surface area contributed by atoms with E-state index in [0.29, 0.717) is 23.3 Å². The Hall–Kier alpha value is -1.13. The molecule has 5 heteroatoms. The molecule has 1 N–H and O–H groups in total. The zero-order chi connectivity index (χ0) is 15.8. The van der Waals surface area contributed by atoms with Gasteiger partial charge in [-0.1, -0.05) is 24.9 Å². The Kier molecular flexibility index (Phi) is 7.68. The van der Waals surface area contributed by atoms with Crippen LogP contribution in [0, 0.1) is 0 Å². The van der Waals surface area contributed by atoms with Crippen molar-refractivity contribution in [3.05, 3.63) is 28.5 Å². The van der Waals surface area contributed by atoms with Crippen LogP contribution in [0.3, 0.4) is 0 Å². The molecule has 0 atom stereocenters. The summed E-state index contributed by atoms with van der Waals surface area (Å²) in [6, 6.07) is 3.97. The standard InChI is InChI=1S/C16H26ClN3O/c1-5-7-14-10-13(11-15(17)19-14)16(21)18-8-6-9-20(4)12(2)3/h10-12H,5-9H2,1-4H3,(H,18,21). The Bertz CT molecular complexity index is 463. The highest BCUT2D eigenvalue weighted by Crippen LogP contribution is 2.12. The summed E-state index contributed by atoms with van der Waals surface area (Å²) in [6.45, 7) is 8.03. The SMILES string of the molecule is CCCc1cc(C(=O)NCCCN(C)C(C)C)cc(Cl)n1. The largest absolute Gasteiger partial charge is 0.352 e. The van der Waals surface area contributed by atoms with Crippen molar-refractivity contribution in [2.75, 3.05) is 20.1 Å². The predicted octanol–water partition coefficient (Wildman–Crippen LogP) is 3.15. The van der Waals surface area contributed by atoms with Crippen LogP contribution in [0.1, 0.15) is 49.7 Å². The molecule has 0 unspecified atom stereocenters. The summed E-state index contributed by atoms with van der Waals surface area (Å²) in [6.07, 6.45) is 2.75. The van der Waals surface area contributed by atoms with Gasteiger partial charge in [-0.3, -0.25) is 4.79 Å². The summed E-state index contributed by atoms with van der Waals surface area (Å²) in [5, 5.41) is 3.32. The second kappa shape index (κ2) is 9.00. The maximum atomic E-state index is 12.1. The number of nitrogens with one attached hydrogen (secondary N) is 1. The highest BCUT2D eigenvalue weighted by atomic mass is 35.5. The van der Waals surface area contributed by atoms with Gasteiger partial charge in [0.1, 0.15) is 5.15 Å². The van der Waals surface area contributed by atoms with Gasteiger partial charge in [0.2, 0.25) is 0 Å². The van der Waals surface area contributed by atoms with Crippen LogP contribution in [0.2, 0.25) is 5.15 Å². The fraction of sp³-hybridized carbons (Fsp3) is 0.625. The minimum absolute atomic E-state index is 0.0798. The summed E-state index contributed by atoms with van der Waals surface area (Å²) in [5.41, 5.74) is 1.46. The van der Waals surface area contributed by atoms with Crippen molar-refractivity contribution < 1.29 is 4.79 Å². The normalized spacial score (nSPS) is 11.2. The average Bonchev–Trinajstić information content (AvgIpc) is 2.42. The number of carbonyl (C=O) groups excluding carboxylic acids is 1. The Morgan fingerprint density at radius 2 is 2.14 bits per heavy atom. The molecule has 0 aliphatic rings. The van der Waals surface area contributed by atoms with Crippen LogP contribution in [0.5, 0.6) is 0 Å². The summed E-state index contributed by atoms with van der Waals surface area (Å²) in [7, 11) is 2.09. The summed E-state index contributed by atoms with van der Waals surface area (Å²) >= 11 is 5.97. The van der Waals surface area contributed by atoms with Gasteiger partial charge in [-0.05, 0) is 52.4 Å². The monoisotopic (exact) mass is 311 g/mol. The van der Waals surface area contributed by atoms with E-state index in [-0.39, 0.29) is 5.91 Å². The third-order valence-corrected chi connectivity index (χ3v) is 3.66. The Morgan fingerprint density at radius 3 is 2.76 bits per heavy atom.